The summed E-state index contributed by atoms with van der Waals surface area (Å²) in [6, 6.07) is 7.59. The molecule has 7 nitrogen and oxygen atoms in total. The fraction of sp³-hybridized carbons (Fsp3) is 0.450. The first-order valence-corrected chi connectivity index (χ1v) is 10.2. The first-order valence-electron chi connectivity index (χ1n) is 9.43. The van der Waals surface area contributed by atoms with Crippen LogP contribution in [0.25, 0.3) is 0 Å². The van der Waals surface area contributed by atoms with E-state index < -0.39 is 0 Å². The minimum Gasteiger partial charge on any atom is -0.357 e. The Kier molecular flexibility index (Phi) is 11.8. The predicted octanol–water partition coefficient (Wildman–Crippen LogP) is 2.62. The number of carbonyl (C=O) groups is 1. The maximum absolute atomic E-state index is 12.3. The lowest BCUT2D eigenvalue weighted by Gasteiger charge is -2.11. The average Bonchev–Trinajstić information content (AvgIpc) is 3.09. The number of rotatable bonds is 9. The second-order valence-corrected chi connectivity index (χ2v) is 7.99. The van der Waals surface area contributed by atoms with Crippen LogP contribution >= 0.6 is 35.3 Å². The first kappa shape index (κ1) is 25.3. The molecule has 0 fully saturated rings. The number of hydrogen-bond donors (Lipinski definition) is 3. The van der Waals surface area contributed by atoms with Gasteiger partial charge in [-0.05, 0) is 45.6 Å². The summed E-state index contributed by atoms with van der Waals surface area (Å²) < 4.78 is 0. The summed E-state index contributed by atoms with van der Waals surface area (Å²) in [4.78, 5) is 24.5. The molecule has 1 aromatic carbocycles. The highest BCUT2D eigenvalue weighted by Gasteiger charge is 2.06. The number of thiazole rings is 1. The minimum atomic E-state index is -0.0585. The fourth-order valence-corrected chi connectivity index (χ4v) is 3.19. The molecule has 0 aliphatic rings. The predicted molar refractivity (Wildman–Crippen MR) is 131 cm³/mol. The van der Waals surface area contributed by atoms with Crippen molar-refractivity contribution in [1.29, 1.82) is 0 Å². The molecule has 1 heterocycles. The van der Waals surface area contributed by atoms with Crippen molar-refractivity contribution in [3.63, 3.8) is 0 Å². The molecule has 0 aliphatic carbocycles. The van der Waals surface area contributed by atoms with E-state index in [1.165, 1.54) is 4.88 Å². The zero-order valence-electron chi connectivity index (χ0n) is 17.5. The van der Waals surface area contributed by atoms with Crippen LogP contribution in [0.5, 0.6) is 0 Å². The van der Waals surface area contributed by atoms with Gasteiger partial charge >= 0.3 is 0 Å². The molecule has 0 saturated heterocycles. The third kappa shape index (κ3) is 9.55. The number of aliphatic imine (C=N–C) groups is 1. The Hall–Kier alpha value is -1.72. The number of amides is 1. The van der Waals surface area contributed by atoms with Gasteiger partial charge < -0.3 is 20.9 Å². The normalized spacial score (nSPS) is 11.1. The molecule has 0 aliphatic heterocycles. The molecule has 9 heteroatoms. The number of aromatic nitrogens is 1. The van der Waals surface area contributed by atoms with Gasteiger partial charge in [0.05, 0.1) is 13.1 Å². The van der Waals surface area contributed by atoms with Crippen LogP contribution in [0.15, 0.2) is 35.5 Å². The van der Waals surface area contributed by atoms with Crippen molar-refractivity contribution in [3.8, 4) is 0 Å². The van der Waals surface area contributed by atoms with E-state index in [9.17, 15) is 4.79 Å². The topological polar surface area (TPSA) is 81.7 Å². The number of aryl methyl sites for hydroxylation is 1. The molecule has 2 rings (SSSR count). The third-order valence-corrected chi connectivity index (χ3v) is 4.79. The Labute approximate surface area is 194 Å². The van der Waals surface area contributed by atoms with Crippen LogP contribution < -0.4 is 16.0 Å². The molecule has 0 bridgehead atoms. The second kappa shape index (κ2) is 13.5. The molecule has 1 aromatic heterocycles. The van der Waals surface area contributed by atoms with Crippen molar-refractivity contribution in [3.05, 3.63) is 51.5 Å². The molecule has 1 amide bonds. The Morgan fingerprint density at radius 3 is 2.69 bits per heavy atom. The number of guanidine groups is 1. The van der Waals surface area contributed by atoms with Crippen LogP contribution in [-0.2, 0) is 13.1 Å². The van der Waals surface area contributed by atoms with E-state index in [2.05, 4.69) is 25.9 Å². The first-order chi connectivity index (χ1) is 13.5. The van der Waals surface area contributed by atoms with E-state index in [-0.39, 0.29) is 29.9 Å². The fourth-order valence-electron chi connectivity index (χ4n) is 2.46. The Morgan fingerprint density at radius 1 is 1.24 bits per heavy atom. The third-order valence-electron chi connectivity index (χ3n) is 3.87. The standard InChI is InChI=1S/C20H30N6OS.HI/c1-5-21-20(25-14-18-23-12-15(2)28-18)24-13-16-7-6-8-17(11-16)19(27)22-9-10-26(3)4;/h6-8,11-12H,5,9-10,13-14H2,1-4H3,(H,22,27)(H2,21,24,25);1H. The van der Waals surface area contributed by atoms with Crippen molar-refractivity contribution in [1.82, 2.24) is 25.8 Å². The van der Waals surface area contributed by atoms with Crippen LogP contribution in [0.2, 0.25) is 0 Å². The largest absolute Gasteiger partial charge is 0.357 e. The molecule has 0 unspecified atom stereocenters. The number of nitrogens with one attached hydrogen (secondary N) is 3. The van der Waals surface area contributed by atoms with E-state index in [0.29, 0.717) is 25.2 Å². The zero-order chi connectivity index (χ0) is 20.4. The van der Waals surface area contributed by atoms with E-state index in [0.717, 1.165) is 29.6 Å². The van der Waals surface area contributed by atoms with Crippen LogP contribution in [0, 0.1) is 6.92 Å². The summed E-state index contributed by atoms with van der Waals surface area (Å²) in [5.41, 5.74) is 1.64. The molecule has 160 valence electrons. The van der Waals surface area contributed by atoms with Crippen molar-refractivity contribution in [2.24, 2.45) is 4.99 Å². The number of halogens is 1. The van der Waals surface area contributed by atoms with Crippen LogP contribution in [0.4, 0.5) is 0 Å². The Balaban J connectivity index is 0.00000420. The number of hydrogen-bond acceptors (Lipinski definition) is 5. The molecule has 0 radical (unpaired) electrons. The number of nitrogens with zero attached hydrogens (tertiary/aromatic N) is 3. The van der Waals surface area contributed by atoms with Crippen molar-refractivity contribution < 1.29 is 4.79 Å². The van der Waals surface area contributed by atoms with Gasteiger partial charge in [-0.3, -0.25) is 4.79 Å². The smallest absolute Gasteiger partial charge is 0.251 e. The van der Waals surface area contributed by atoms with Gasteiger partial charge in [0, 0.05) is 36.3 Å². The summed E-state index contributed by atoms with van der Waals surface area (Å²) in [6.07, 6.45) is 1.88. The Morgan fingerprint density at radius 2 is 2.03 bits per heavy atom. The summed E-state index contributed by atoms with van der Waals surface area (Å²) in [5.74, 6) is 0.674. The van der Waals surface area contributed by atoms with Gasteiger partial charge in [-0.1, -0.05) is 12.1 Å². The molecule has 0 atom stereocenters. The van der Waals surface area contributed by atoms with Gasteiger partial charge in [0.1, 0.15) is 5.01 Å². The molecule has 2 aromatic rings. The lowest BCUT2D eigenvalue weighted by atomic mass is 10.1. The summed E-state index contributed by atoms with van der Waals surface area (Å²) in [5, 5.41) is 10.5. The van der Waals surface area contributed by atoms with E-state index >= 15 is 0 Å². The lowest BCUT2D eigenvalue weighted by molar-refractivity contribution is 0.0951. The molecular formula is C20H31IN6OS. The van der Waals surface area contributed by atoms with E-state index in [1.54, 1.807) is 11.3 Å². The molecule has 29 heavy (non-hydrogen) atoms. The molecular weight excluding hydrogens is 499 g/mol. The van der Waals surface area contributed by atoms with E-state index in [1.807, 2.05) is 63.3 Å². The lowest BCUT2D eigenvalue weighted by Crippen LogP contribution is -2.36. The quantitative estimate of drug-likeness (QED) is 0.264. The highest BCUT2D eigenvalue weighted by Crippen LogP contribution is 2.10. The highest BCUT2D eigenvalue weighted by molar-refractivity contribution is 14.0. The zero-order valence-corrected chi connectivity index (χ0v) is 20.6. The van der Waals surface area contributed by atoms with Gasteiger partial charge in [-0.15, -0.1) is 35.3 Å². The summed E-state index contributed by atoms with van der Waals surface area (Å²) >= 11 is 1.67. The van der Waals surface area contributed by atoms with Crippen molar-refractivity contribution in [2.75, 3.05) is 33.7 Å². The second-order valence-electron chi connectivity index (χ2n) is 6.67. The summed E-state index contributed by atoms with van der Waals surface area (Å²) in [7, 11) is 3.97. The van der Waals surface area contributed by atoms with Gasteiger partial charge in [0.15, 0.2) is 5.96 Å². The number of likely N-dealkylation sites (N-methyl/N-ethyl adjacent to an activating group) is 1. The number of benzene rings is 1. The number of carbonyl (C=O) groups excluding carboxylic acids is 1. The van der Waals surface area contributed by atoms with Gasteiger partial charge in [0.25, 0.3) is 5.91 Å². The van der Waals surface area contributed by atoms with Crippen molar-refractivity contribution in [2.45, 2.75) is 26.9 Å². The molecule has 0 saturated carbocycles. The van der Waals surface area contributed by atoms with E-state index in [4.69, 9.17) is 0 Å². The minimum absolute atomic E-state index is 0. The Bertz CT molecular complexity index is 793. The van der Waals surface area contributed by atoms with Crippen LogP contribution in [0.1, 0.15) is 32.7 Å². The maximum Gasteiger partial charge on any atom is 0.251 e. The molecule has 3 N–H and O–H groups in total. The SMILES string of the molecule is CCNC(=NCc1cccc(C(=O)NCCN(C)C)c1)NCc1ncc(C)s1.I. The summed E-state index contributed by atoms with van der Waals surface area (Å²) in [6.45, 7) is 7.42. The molecule has 0 spiro atoms. The monoisotopic (exact) mass is 530 g/mol. The van der Waals surface area contributed by atoms with Gasteiger partial charge in [-0.2, -0.15) is 0 Å². The van der Waals surface area contributed by atoms with Crippen molar-refractivity contribution >= 4 is 47.2 Å². The van der Waals surface area contributed by atoms with Gasteiger partial charge in [-0.25, -0.2) is 9.98 Å². The van der Waals surface area contributed by atoms with Crippen LogP contribution in [0.3, 0.4) is 0 Å². The average molecular weight is 530 g/mol. The van der Waals surface area contributed by atoms with Crippen LogP contribution in [-0.4, -0.2) is 55.5 Å². The highest BCUT2D eigenvalue weighted by atomic mass is 127. The maximum atomic E-state index is 12.3. The van der Waals surface area contributed by atoms with Gasteiger partial charge in [0.2, 0.25) is 0 Å².